The van der Waals surface area contributed by atoms with Gasteiger partial charge in [-0.3, -0.25) is 9.69 Å². The third kappa shape index (κ3) is 4.86. The zero-order valence-corrected chi connectivity index (χ0v) is 15.4. The summed E-state index contributed by atoms with van der Waals surface area (Å²) in [6.45, 7) is 4.52. The number of nitrogens with zero attached hydrogens (tertiary/aromatic N) is 2. The van der Waals surface area contributed by atoms with E-state index in [9.17, 15) is 4.79 Å². The number of hydrogen-bond donors (Lipinski definition) is 2. The van der Waals surface area contributed by atoms with E-state index < -0.39 is 0 Å². The summed E-state index contributed by atoms with van der Waals surface area (Å²) in [5.74, 6) is 0.453. The molecule has 0 aromatic carbocycles. The summed E-state index contributed by atoms with van der Waals surface area (Å²) in [4.78, 5) is 20.5. The lowest BCUT2D eigenvalue weighted by atomic mass is 9.98. The van der Waals surface area contributed by atoms with Crippen LogP contribution in [0.2, 0.25) is 0 Å². The van der Waals surface area contributed by atoms with Crippen molar-refractivity contribution >= 4 is 28.6 Å². The lowest BCUT2D eigenvalue weighted by molar-refractivity contribution is 0.0926. The zero-order chi connectivity index (χ0) is 16.8. The highest BCUT2D eigenvalue weighted by Gasteiger charge is 2.21. The molecule has 0 radical (unpaired) electrons. The van der Waals surface area contributed by atoms with Crippen LogP contribution in [0.1, 0.15) is 33.2 Å². The van der Waals surface area contributed by atoms with Crippen LogP contribution in [-0.4, -0.2) is 42.0 Å². The minimum absolute atomic E-state index is 0.0649. The molecule has 0 saturated carbocycles. The Morgan fingerprint density at radius 3 is 3.17 bits per heavy atom. The number of thiophene rings is 1. The molecule has 1 amide bonds. The third-order valence-electron chi connectivity index (χ3n) is 4.26. The van der Waals surface area contributed by atoms with E-state index in [0.29, 0.717) is 18.2 Å². The number of aromatic nitrogens is 1. The number of nitrogens with two attached hydrogens (primary N) is 1. The monoisotopic (exact) mass is 364 g/mol. The van der Waals surface area contributed by atoms with Crippen LogP contribution in [0.4, 0.5) is 0 Å². The molecule has 3 N–H and O–H groups in total. The maximum absolute atomic E-state index is 12.2. The Morgan fingerprint density at radius 2 is 2.38 bits per heavy atom. The molecule has 2 aromatic heterocycles. The van der Waals surface area contributed by atoms with Crippen molar-refractivity contribution in [3.05, 3.63) is 38.5 Å². The van der Waals surface area contributed by atoms with Crippen LogP contribution < -0.4 is 11.1 Å². The van der Waals surface area contributed by atoms with Gasteiger partial charge in [0.1, 0.15) is 5.69 Å². The fourth-order valence-corrected chi connectivity index (χ4v) is 4.61. The Hall–Kier alpha value is -1.28. The molecule has 3 heterocycles. The predicted molar refractivity (Wildman–Crippen MR) is 99.5 cm³/mol. The van der Waals surface area contributed by atoms with Gasteiger partial charge in [0.05, 0.1) is 5.01 Å². The highest BCUT2D eigenvalue weighted by atomic mass is 32.1. The van der Waals surface area contributed by atoms with Crippen LogP contribution in [0.3, 0.4) is 0 Å². The first-order chi connectivity index (χ1) is 11.7. The number of thiazole rings is 1. The van der Waals surface area contributed by atoms with E-state index in [1.54, 1.807) is 0 Å². The van der Waals surface area contributed by atoms with Crippen molar-refractivity contribution in [1.29, 1.82) is 0 Å². The number of hydrogen-bond acceptors (Lipinski definition) is 6. The maximum Gasteiger partial charge on any atom is 0.270 e. The van der Waals surface area contributed by atoms with E-state index in [4.69, 9.17) is 5.73 Å². The third-order valence-corrected chi connectivity index (χ3v) is 6.03. The first-order valence-electron chi connectivity index (χ1n) is 8.42. The standard InChI is InChI=1S/C17H24N4OS2/c18-6-5-16-20-15(12-24-16)17(22)19-9-13-3-1-7-21(10-13)11-14-4-2-8-23-14/h2,4,8,12-13H,1,3,5-7,9-11,18H2,(H,19,22). The molecule has 5 nitrogen and oxygen atoms in total. The SMILES string of the molecule is NCCc1nc(C(=O)NCC2CCCN(Cc3cccs3)C2)cs1. The van der Waals surface area contributed by atoms with Gasteiger partial charge in [0, 0.05) is 36.3 Å². The van der Waals surface area contributed by atoms with Gasteiger partial charge in [-0.1, -0.05) is 6.07 Å². The summed E-state index contributed by atoms with van der Waals surface area (Å²) in [7, 11) is 0. The molecule has 0 bridgehead atoms. The van der Waals surface area contributed by atoms with Gasteiger partial charge in [0.2, 0.25) is 0 Å². The van der Waals surface area contributed by atoms with Gasteiger partial charge in [0.15, 0.2) is 0 Å². The number of carbonyl (C=O) groups excluding carboxylic acids is 1. The van der Waals surface area contributed by atoms with Crippen LogP contribution >= 0.6 is 22.7 Å². The van der Waals surface area contributed by atoms with Gasteiger partial charge in [-0.05, 0) is 43.3 Å². The maximum atomic E-state index is 12.2. The molecule has 130 valence electrons. The van der Waals surface area contributed by atoms with Crippen LogP contribution in [0.25, 0.3) is 0 Å². The Bertz CT molecular complexity index is 641. The second-order valence-electron chi connectivity index (χ2n) is 6.20. The number of carbonyl (C=O) groups is 1. The first-order valence-corrected chi connectivity index (χ1v) is 10.2. The molecule has 7 heteroatoms. The minimum atomic E-state index is -0.0649. The molecular formula is C17H24N4OS2. The largest absolute Gasteiger partial charge is 0.350 e. The molecule has 1 saturated heterocycles. The zero-order valence-electron chi connectivity index (χ0n) is 13.7. The topological polar surface area (TPSA) is 71.2 Å². The van der Waals surface area contributed by atoms with Crippen molar-refractivity contribution in [3.63, 3.8) is 0 Å². The number of rotatable bonds is 7. The van der Waals surface area contributed by atoms with Gasteiger partial charge < -0.3 is 11.1 Å². The Balaban J connectivity index is 1.45. The average Bonchev–Trinajstić information content (AvgIpc) is 3.25. The number of amides is 1. The molecule has 24 heavy (non-hydrogen) atoms. The summed E-state index contributed by atoms with van der Waals surface area (Å²) in [5, 5.41) is 7.94. The molecule has 2 aromatic rings. The Labute approximate surface area is 150 Å². The van der Waals surface area contributed by atoms with E-state index in [-0.39, 0.29) is 5.91 Å². The highest BCUT2D eigenvalue weighted by Crippen LogP contribution is 2.20. The molecule has 1 unspecified atom stereocenters. The van der Waals surface area contributed by atoms with Gasteiger partial charge in [-0.15, -0.1) is 22.7 Å². The summed E-state index contributed by atoms with van der Waals surface area (Å²) >= 11 is 3.32. The van der Waals surface area contributed by atoms with Crippen molar-refractivity contribution in [3.8, 4) is 0 Å². The minimum Gasteiger partial charge on any atom is -0.350 e. The van der Waals surface area contributed by atoms with Gasteiger partial charge in [-0.25, -0.2) is 4.98 Å². The molecule has 0 aliphatic carbocycles. The average molecular weight is 365 g/mol. The fraction of sp³-hybridized carbons (Fsp3) is 0.529. The van der Waals surface area contributed by atoms with Crippen molar-refractivity contribution in [1.82, 2.24) is 15.2 Å². The summed E-state index contributed by atoms with van der Waals surface area (Å²) < 4.78 is 0. The normalized spacial score (nSPS) is 18.6. The lowest BCUT2D eigenvalue weighted by Crippen LogP contribution is -2.40. The van der Waals surface area contributed by atoms with Gasteiger partial charge in [-0.2, -0.15) is 0 Å². The van der Waals surface area contributed by atoms with Crippen LogP contribution in [-0.2, 0) is 13.0 Å². The van der Waals surface area contributed by atoms with Crippen molar-refractivity contribution in [2.24, 2.45) is 11.7 Å². The summed E-state index contributed by atoms with van der Waals surface area (Å²) in [5.41, 5.74) is 6.05. The van der Waals surface area contributed by atoms with Gasteiger partial charge >= 0.3 is 0 Å². The summed E-state index contributed by atoms with van der Waals surface area (Å²) in [6.07, 6.45) is 3.11. The molecule has 1 fully saturated rings. The van der Waals surface area contributed by atoms with Crippen LogP contribution in [0.5, 0.6) is 0 Å². The number of nitrogens with one attached hydrogen (secondary N) is 1. The number of piperidine rings is 1. The van der Waals surface area contributed by atoms with E-state index in [1.807, 2.05) is 16.7 Å². The van der Waals surface area contributed by atoms with E-state index >= 15 is 0 Å². The quantitative estimate of drug-likeness (QED) is 0.791. The summed E-state index contributed by atoms with van der Waals surface area (Å²) in [6, 6.07) is 4.30. The Kier molecular flexibility index (Phi) is 6.37. The smallest absolute Gasteiger partial charge is 0.270 e. The lowest BCUT2D eigenvalue weighted by Gasteiger charge is -2.32. The first kappa shape index (κ1) is 17.5. The van der Waals surface area contributed by atoms with E-state index in [1.165, 1.54) is 29.1 Å². The van der Waals surface area contributed by atoms with Crippen molar-refractivity contribution in [2.45, 2.75) is 25.8 Å². The molecular weight excluding hydrogens is 340 g/mol. The van der Waals surface area contributed by atoms with E-state index in [2.05, 4.69) is 32.7 Å². The molecule has 1 aliphatic rings. The second-order valence-corrected chi connectivity index (χ2v) is 8.17. The fourth-order valence-electron chi connectivity index (χ4n) is 3.07. The van der Waals surface area contributed by atoms with Crippen molar-refractivity contribution in [2.75, 3.05) is 26.2 Å². The number of likely N-dealkylation sites (tertiary alicyclic amines) is 1. The van der Waals surface area contributed by atoms with E-state index in [0.717, 1.165) is 37.6 Å². The second kappa shape index (κ2) is 8.71. The van der Waals surface area contributed by atoms with Gasteiger partial charge in [0.25, 0.3) is 5.91 Å². The van der Waals surface area contributed by atoms with Crippen molar-refractivity contribution < 1.29 is 4.79 Å². The molecule has 1 aliphatic heterocycles. The molecule has 3 rings (SSSR count). The predicted octanol–water partition coefficient (Wildman–Crippen LogP) is 2.35. The van der Waals surface area contributed by atoms with Crippen LogP contribution in [0.15, 0.2) is 22.9 Å². The molecule has 1 atom stereocenters. The Morgan fingerprint density at radius 1 is 1.46 bits per heavy atom. The highest BCUT2D eigenvalue weighted by molar-refractivity contribution is 7.10. The van der Waals surface area contributed by atoms with Crippen LogP contribution in [0, 0.1) is 5.92 Å². The molecule has 0 spiro atoms.